The van der Waals surface area contributed by atoms with E-state index in [1.807, 2.05) is 0 Å². The van der Waals surface area contributed by atoms with Crippen LogP contribution >= 0.6 is 0 Å². The number of hydrogen-bond donors (Lipinski definition) is 1. The SMILES string of the molecule is CC1CN(C(C)C)c2cccc(CN3CCNCC3)c21. The van der Waals surface area contributed by atoms with Gasteiger partial charge in [0.1, 0.15) is 0 Å². The fraction of sp³-hybridized carbons (Fsp3) is 0.647. The lowest BCUT2D eigenvalue weighted by atomic mass is 9.97. The highest BCUT2D eigenvalue weighted by atomic mass is 15.2. The highest BCUT2D eigenvalue weighted by Gasteiger charge is 2.29. The van der Waals surface area contributed by atoms with Crippen LogP contribution in [0.3, 0.4) is 0 Å². The van der Waals surface area contributed by atoms with Gasteiger partial charge in [0.05, 0.1) is 0 Å². The van der Waals surface area contributed by atoms with Crippen LogP contribution in [0.15, 0.2) is 18.2 Å². The van der Waals surface area contributed by atoms with Crippen molar-refractivity contribution < 1.29 is 0 Å². The molecular weight excluding hydrogens is 246 g/mol. The topological polar surface area (TPSA) is 18.5 Å². The summed E-state index contributed by atoms with van der Waals surface area (Å²) in [4.78, 5) is 5.14. The standard InChI is InChI=1S/C17H27N3/c1-13(2)20-11-14(3)17-15(5-4-6-16(17)20)12-19-9-7-18-8-10-19/h4-6,13-14,18H,7-12H2,1-3H3. The van der Waals surface area contributed by atoms with Gasteiger partial charge in [0.25, 0.3) is 0 Å². The van der Waals surface area contributed by atoms with Crippen LogP contribution in [0.4, 0.5) is 5.69 Å². The average Bonchev–Trinajstić information content (AvgIpc) is 2.79. The maximum absolute atomic E-state index is 3.43. The molecule has 0 spiro atoms. The molecule has 3 nitrogen and oxygen atoms in total. The van der Waals surface area contributed by atoms with Crippen molar-refractivity contribution in [1.29, 1.82) is 0 Å². The summed E-state index contributed by atoms with van der Waals surface area (Å²) in [6, 6.07) is 7.47. The molecule has 110 valence electrons. The van der Waals surface area contributed by atoms with E-state index in [1.165, 1.54) is 25.3 Å². The molecule has 3 heteroatoms. The van der Waals surface area contributed by atoms with E-state index in [1.54, 1.807) is 11.1 Å². The van der Waals surface area contributed by atoms with Gasteiger partial charge in [-0.2, -0.15) is 0 Å². The van der Waals surface area contributed by atoms with Crippen molar-refractivity contribution in [1.82, 2.24) is 10.2 Å². The van der Waals surface area contributed by atoms with Gasteiger partial charge in [-0.15, -0.1) is 0 Å². The normalized spacial score (nSPS) is 23.4. The Morgan fingerprint density at radius 2 is 2.00 bits per heavy atom. The Morgan fingerprint density at radius 3 is 2.70 bits per heavy atom. The van der Waals surface area contributed by atoms with Crippen LogP contribution in [0.5, 0.6) is 0 Å². The Kier molecular flexibility index (Phi) is 3.99. The van der Waals surface area contributed by atoms with Crippen molar-refractivity contribution in [2.45, 2.75) is 39.3 Å². The Morgan fingerprint density at radius 1 is 1.25 bits per heavy atom. The fourth-order valence-corrected chi connectivity index (χ4v) is 3.64. The first-order valence-corrected chi connectivity index (χ1v) is 7.98. The van der Waals surface area contributed by atoms with Gasteiger partial charge in [-0.05, 0) is 31.0 Å². The van der Waals surface area contributed by atoms with Gasteiger partial charge in [-0.25, -0.2) is 0 Å². The number of hydrogen-bond acceptors (Lipinski definition) is 3. The molecule has 0 saturated carbocycles. The Balaban J connectivity index is 1.86. The summed E-state index contributed by atoms with van der Waals surface area (Å²) < 4.78 is 0. The molecule has 1 N–H and O–H groups in total. The summed E-state index contributed by atoms with van der Waals surface area (Å²) in [5.74, 6) is 0.659. The molecule has 1 saturated heterocycles. The van der Waals surface area contributed by atoms with Crippen molar-refractivity contribution in [3.05, 3.63) is 29.3 Å². The fourth-order valence-electron chi connectivity index (χ4n) is 3.64. The third-order valence-corrected chi connectivity index (χ3v) is 4.67. The second kappa shape index (κ2) is 5.74. The van der Waals surface area contributed by atoms with E-state index in [0.717, 1.165) is 19.6 Å². The minimum absolute atomic E-state index is 0.591. The lowest BCUT2D eigenvalue weighted by Crippen LogP contribution is -2.43. The Bertz CT molecular complexity index is 463. The Hall–Kier alpha value is -1.06. The number of anilines is 1. The zero-order valence-corrected chi connectivity index (χ0v) is 13.0. The number of benzene rings is 1. The number of piperazine rings is 1. The third-order valence-electron chi connectivity index (χ3n) is 4.67. The molecule has 0 bridgehead atoms. The van der Waals surface area contributed by atoms with Crippen molar-refractivity contribution in [3.63, 3.8) is 0 Å². The van der Waals surface area contributed by atoms with Gasteiger partial charge in [-0.1, -0.05) is 19.1 Å². The molecule has 1 aromatic rings. The first-order valence-electron chi connectivity index (χ1n) is 7.98. The summed E-state index contributed by atoms with van der Waals surface area (Å²) in [6.07, 6.45) is 0. The first kappa shape index (κ1) is 13.9. The lowest BCUT2D eigenvalue weighted by Gasteiger charge is -2.28. The van der Waals surface area contributed by atoms with E-state index < -0.39 is 0 Å². The van der Waals surface area contributed by atoms with Gasteiger partial charge in [0.15, 0.2) is 0 Å². The largest absolute Gasteiger partial charge is 0.368 e. The molecule has 3 rings (SSSR count). The summed E-state index contributed by atoms with van der Waals surface area (Å²) >= 11 is 0. The highest BCUT2D eigenvalue weighted by Crippen LogP contribution is 2.39. The minimum atomic E-state index is 0.591. The molecule has 1 fully saturated rings. The maximum Gasteiger partial charge on any atom is 0.0407 e. The van der Waals surface area contributed by atoms with Crippen LogP contribution in [0.2, 0.25) is 0 Å². The molecule has 2 heterocycles. The van der Waals surface area contributed by atoms with E-state index >= 15 is 0 Å². The molecular formula is C17H27N3. The molecule has 1 atom stereocenters. The number of nitrogens with one attached hydrogen (secondary N) is 1. The Labute approximate surface area is 123 Å². The van der Waals surface area contributed by atoms with Gasteiger partial charge in [0.2, 0.25) is 0 Å². The molecule has 1 unspecified atom stereocenters. The van der Waals surface area contributed by atoms with Crippen molar-refractivity contribution >= 4 is 5.69 Å². The van der Waals surface area contributed by atoms with Crippen LogP contribution in [0.1, 0.15) is 37.8 Å². The highest BCUT2D eigenvalue weighted by molar-refractivity contribution is 5.63. The minimum Gasteiger partial charge on any atom is -0.368 e. The summed E-state index contributed by atoms with van der Waals surface area (Å²) in [6.45, 7) is 13.9. The summed E-state index contributed by atoms with van der Waals surface area (Å²) in [5, 5.41) is 3.43. The smallest absolute Gasteiger partial charge is 0.0407 e. The van der Waals surface area contributed by atoms with Crippen molar-refractivity contribution in [3.8, 4) is 0 Å². The molecule has 0 radical (unpaired) electrons. The number of nitrogens with zero attached hydrogens (tertiary/aromatic N) is 2. The van der Waals surface area contributed by atoms with Gasteiger partial charge >= 0.3 is 0 Å². The zero-order chi connectivity index (χ0) is 14.1. The average molecular weight is 273 g/mol. The van der Waals surface area contributed by atoms with Crippen LogP contribution in [-0.4, -0.2) is 43.7 Å². The quantitative estimate of drug-likeness (QED) is 0.912. The molecule has 0 aliphatic carbocycles. The molecule has 20 heavy (non-hydrogen) atoms. The number of rotatable bonds is 3. The lowest BCUT2D eigenvalue weighted by molar-refractivity contribution is 0.232. The molecule has 0 amide bonds. The summed E-state index contributed by atoms with van der Waals surface area (Å²) in [7, 11) is 0. The van der Waals surface area contributed by atoms with Gasteiger partial charge < -0.3 is 10.2 Å². The van der Waals surface area contributed by atoms with Crippen LogP contribution in [0.25, 0.3) is 0 Å². The maximum atomic E-state index is 3.43. The predicted octanol–water partition coefficient (Wildman–Crippen LogP) is 2.42. The van der Waals surface area contributed by atoms with Crippen LogP contribution in [-0.2, 0) is 6.54 Å². The second-order valence-corrected chi connectivity index (χ2v) is 6.52. The summed E-state index contributed by atoms with van der Waals surface area (Å²) in [5.41, 5.74) is 4.61. The predicted molar refractivity (Wildman–Crippen MR) is 85.5 cm³/mol. The van der Waals surface area contributed by atoms with Gasteiger partial charge in [0, 0.05) is 56.9 Å². The third kappa shape index (κ3) is 2.57. The number of fused-ring (bicyclic) bond motifs is 1. The van der Waals surface area contributed by atoms with Crippen LogP contribution in [0, 0.1) is 0 Å². The van der Waals surface area contributed by atoms with E-state index in [2.05, 4.69) is 54.1 Å². The second-order valence-electron chi connectivity index (χ2n) is 6.52. The van der Waals surface area contributed by atoms with Crippen LogP contribution < -0.4 is 10.2 Å². The van der Waals surface area contributed by atoms with Crippen molar-refractivity contribution in [2.75, 3.05) is 37.6 Å². The zero-order valence-electron chi connectivity index (χ0n) is 13.0. The molecule has 1 aromatic carbocycles. The van der Waals surface area contributed by atoms with E-state index in [9.17, 15) is 0 Å². The molecule has 2 aliphatic rings. The van der Waals surface area contributed by atoms with E-state index in [0.29, 0.717) is 12.0 Å². The van der Waals surface area contributed by atoms with E-state index in [4.69, 9.17) is 0 Å². The van der Waals surface area contributed by atoms with E-state index in [-0.39, 0.29) is 0 Å². The molecule has 0 aromatic heterocycles. The monoisotopic (exact) mass is 273 g/mol. The van der Waals surface area contributed by atoms with Crippen molar-refractivity contribution in [2.24, 2.45) is 0 Å². The first-order chi connectivity index (χ1) is 9.66. The van der Waals surface area contributed by atoms with Gasteiger partial charge in [-0.3, -0.25) is 4.90 Å². The molecule has 2 aliphatic heterocycles.